The molecule has 5 heteroatoms. The molecule has 0 saturated heterocycles. The molecule has 1 heterocycles. The van der Waals surface area contributed by atoms with Crippen LogP contribution in [0.3, 0.4) is 0 Å². The van der Waals surface area contributed by atoms with E-state index < -0.39 is 7.14 Å². The lowest BCUT2D eigenvalue weighted by Crippen LogP contribution is -2.27. The zero-order valence-corrected chi connectivity index (χ0v) is 13.2. The summed E-state index contributed by atoms with van der Waals surface area (Å²) in [4.78, 5) is 4.40. The SMILES string of the molecule is Cc1oc(CN)nc1P(=O)(c1ccccc1)c1ccccc1. The van der Waals surface area contributed by atoms with Gasteiger partial charge in [-0.05, 0) is 6.92 Å². The van der Waals surface area contributed by atoms with Crippen LogP contribution in [-0.4, -0.2) is 4.98 Å². The van der Waals surface area contributed by atoms with Crippen LogP contribution in [0.1, 0.15) is 11.7 Å². The van der Waals surface area contributed by atoms with Gasteiger partial charge >= 0.3 is 0 Å². The van der Waals surface area contributed by atoms with Crippen LogP contribution in [0.5, 0.6) is 0 Å². The van der Waals surface area contributed by atoms with Gasteiger partial charge in [-0.15, -0.1) is 0 Å². The standard InChI is InChI=1S/C17H17N2O2P/c1-13-17(19-16(12-18)21-13)22(20,14-8-4-2-5-9-14)15-10-6-3-7-11-15/h2-11H,12,18H2,1H3. The van der Waals surface area contributed by atoms with Crippen LogP contribution in [0, 0.1) is 6.92 Å². The van der Waals surface area contributed by atoms with Gasteiger partial charge in [0.15, 0.2) is 7.14 Å². The number of nitrogens with two attached hydrogens (primary N) is 1. The summed E-state index contributed by atoms with van der Waals surface area (Å²) in [6.07, 6.45) is 0. The van der Waals surface area contributed by atoms with Crippen LogP contribution in [0.4, 0.5) is 0 Å². The van der Waals surface area contributed by atoms with Crippen LogP contribution in [0.25, 0.3) is 0 Å². The van der Waals surface area contributed by atoms with Crippen LogP contribution in [0.2, 0.25) is 0 Å². The average molecular weight is 312 g/mol. The van der Waals surface area contributed by atoms with Crippen molar-refractivity contribution in [2.24, 2.45) is 5.73 Å². The Morgan fingerprint density at radius 1 is 1.00 bits per heavy atom. The quantitative estimate of drug-likeness (QED) is 0.749. The number of benzene rings is 2. The Kier molecular flexibility index (Phi) is 3.97. The zero-order chi connectivity index (χ0) is 15.6. The van der Waals surface area contributed by atoms with Gasteiger partial charge in [0.1, 0.15) is 11.2 Å². The van der Waals surface area contributed by atoms with Crippen molar-refractivity contribution in [3.8, 4) is 0 Å². The molecule has 0 spiro atoms. The molecule has 0 bridgehead atoms. The number of aromatic nitrogens is 1. The van der Waals surface area contributed by atoms with E-state index in [4.69, 9.17) is 10.2 Å². The number of oxazole rings is 1. The van der Waals surface area contributed by atoms with Gasteiger partial charge in [0.2, 0.25) is 5.89 Å². The molecule has 2 aromatic carbocycles. The Hall–Kier alpha value is -2.16. The molecule has 0 atom stereocenters. The normalized spacial score (nSPS) is 11.5. The number of rotatable bonds is 4. The molecule has 0 fully saturated rings. The molecule has 112 valence electrons. The minimum atomic E-state index is -3.07. The van der Waals surface area contributed by atoms with E-state index in [9.17, 15) is 4.57 Å². The fraction of sp³-hybridized carbons (Fsp3) is 0.118. The van der Waals surface area contributed by atoms with Crippen molar-refractivity contribution in [2.75, 3.05) is 0 Å². The van der Waals surface area contributed by atoms with Crippen molar-refractivity contribution in [3.63, 3.8) is 0 Å². The molecule has 0 radical (unpaired) electrons. The summed E-state index contributed by atoms with van der Waals surface area (Å²) in [6.45, 7) is 1.96. The number of nitrogens with zero attached hydrogens (tertiary/aromatic N) is 1. The lowest BCUT2D eigenvalue weighted by molar-refractivity contribution is 0.474. The predicted octanol–water partition coefficient (Wildman–Crippen LogP) is 2.08. The van der Waals surface area contributed by atoms with E-state index in [2.05, 4.69) is 4.98 Å². The molecule has 0 amide bonds. The monoisotopic (exact) mass is 312 g/mol. The minimum Gasteiger partial charge on any atom is -0.444 e. The summed E-state index contributed by atoms with van der Waals surface area (Å²) in [5.41, 5.74) is 6.08. The summed E-state index contributed by atoms with van der Waals surface area (Å²) in [7, 11) is -3.07. The Morgan fingerprint density at radius 3 is 1.91 bits per heavy atom. The Labute approximate surface area is 129 Å². The Balaban J connectivity index is 2.29. The van der Waals surface area contributed by atoms with Gasteiger partial charge in [0.05, 0.1) is 6.54 Å². The first kappa shape index (κ1) is 14.8. The molecule has 0 saturated carbocycles. The summed E-state index contributed by atoms with van der Waals surface area (Å²) >= 11 is 0. The van der Waals surface area contributed by atoms with Crippen LogP contribution < -0.4 is 21.8 Å². The van der Waals surface area contributed by atoms with Gasteiger partial charge < -0.3 is 14.7 Å². The second kappa shape index (κ2) is 5.91. The second-order valence-corrected chi connectivity index (χ2v) is 7.65. The van der Waals surface area contributed by atoms with Crippen molar-refractivity contribution in [1.82, 2.24) is 4.98 Å². The molecule has 22 heavy (non-hydrogen) atoms. The largest absolute Gasteiger partial charge is 0.444 e. The third-order valence-corrected chi connectivity index (χ3v) is 6.59. The predicted molar refractivity (Wildman–Crippen MR) is 88.5 cm³/mol. The smallest absolute Gasteiger partial charge is 0.208 e. The lowest BCUT2D eigenvalue weighted by Gasteiger charge is -2.17. The molecule has 3 aromatic rings. The summed E-state index contributed by atoms with van der Waals surface area (Å²) in [6, 6.07) is 18.8. The van der Waals surface area contributed by atoms with E-state index >= 15 is 0 Å². The molecule has 4 nitrogen and oxygen atoms in total. The fourth-order valence-corrected chi connectivity index (χ4v) is 5.20. The molecule has 0 aliphatic heterocycles. The van der Waals surface area contributed by atoms with Crippen molar-refractivity contribution in [2.45, 2.75) is 13.5 Å². The highest BCUT2D eigenvalue weighted by Gasteiger charge is 2.34. The minimum absolute atomic E-state index is 0.185. The topological polar surface area (TPSA) is 69.1 Å². The van der Waals surface area contributed by atoms with E-state index in [0.29, 0.717) is 17.1 Å². The Bertz CT molecular complexity index is 770. The van der Waals surface area contributed by atoms with Gasteiger partial charge in [0, 0.05) is 10.6 Å². The van der Waals surface area contributed by atoms with E-state index in [1.165, 1.54) is 0 Å². The maximum absolute atomic E-state index is 14.0. The highest BCUT2D eigenvalue weighted by atomic mass is 31.2. The highest BCUT2D eigenvalue weighted by molar-refractivity contribution is 7.85. The fourth-order valence-electron chi connectivity index (χ4n) is 2.49. The van der Waals surface area contributed by atoms with Crippen molar-refractivity contribution in [3.05, 3.63) is 72.3 Å². The first-order chi connectivity index (χ1) is 10.7. The van der Waals surface area contributed by atoms with Crippen LogP contribution >= 0.6 is 7.14 Å². The van der Waals surface area contributed by atoms with Crippen molar-refractivity contribution < 1.29 is 8.98 Å². The Morgan fingerprint density at radius 2 is 1.50 bits per heavy atom. The number of hydrogen-bond acceptors (Lipinski definition) is 4. The average Bonchev–Trinajstić information content (AvgIpc) is 2.97. The van der Waals surface area contributed by atoms with E-state index in [0.717, 1.165) is 10.6 Å². The number of hydrogen-bond donors (Lipinski definition) is 1. The second-order valence-electron chi connectivity index (χ2n) is 4.97. The molecule has 2 N–H and O–H groups in total. The highest BCUT2D eigenvalue weighted by Crippen LogP contribution is 2.42. The van der Waals surface area contributed by atoms with Crippen LogP contribution in [-0.2, 0) is 11.1 Å². The van der Waals surface area contributed by atoms with E-state index in [-0.39, 0.29) is 6.54 Å². The van der Waals surface area contributed by atoms with Gasteiger partial charge in [-0.2, -0.15) is 0 Å². The van der Waals surface area contributed by atoms with Crippen molar-refractivity contribution in [1.29, 1.82) is 0 Å². The third-order valence-electron chi connectivity index (χ3n) is 3.53. The van der Waals surface area contributed by atoms with E-state index in [1.807, 2.05) is 60.7 Å². The van der Waals surface area contributed by atoms with Gasteiger partial charge in [-0.25, -0.2) is 4.98 Å². The first-order valence-electron chi connectivity index (χ1n) is 7.04. The zero-order valence-electron chi connectivity index (χ0n) is 12.3. The van der Waals surface area contributed by atoms with Gasteiger partial charge in [-0.1, -0.05) is 60.7 Å². The molecule has 0 aliphatic carbocycles. The summed E-state index contributed by atoms with van der Waals surface area (Å²) in [5, 5.41) is 1.47. The molecule has 0 unspecified atom stereocenters. The molecule has 1 aromatic heterocycles. The molecular weight excluding hydrogens is 295 g/mol. The molecule has 3 rings (SSSR count). The maximum Gasteiger partial charge on any atom is 0.208 e. The molecular formula is C17H17N2O2P. The third kappa shape index (κ3) is 2.41. The maximum atomic E-state index is 14.0. The van der Waals surface area contributed by atoms with Crippen molar-refractivity contribution >= 4 is 23.2 Å². The summed E-state index contributed by atoms with van der Waals surface area (Å²) in [5.74, 6) is 0.955. The first-order valence-corrected chi connectivity index (χ1v) is 8.75. The van der Waals surface area contributed by atoms with E-state index in [1.54, 1.807) is 6.92 Å². The summed E-state index contributed by atoms with van der Waals surface area (Å²) < 4.78 is 19.5. The van der Waals surface area contributed by atoms with Crippen LogP contribution in [0.15, 0.2) is 65.1 Å². The lowest BCUT2D eigenvalue weighted by atomic mass is 10.4. The number of aryl methyl sites for hydroxylation is 1. The molecule has 0 aliphatic rings. The van der Waals surface area contributed by atoms with Gasteiger partial charge in [-0.3, -0.25) is 0 Å². The van der Waals surface area contributed by atoms with Gasteiger partial charge in [0.25, 0.3) is 0 Å².